The Morgan fingerprint density at radius 1 is 1.12 bits per heavy atom. The summed E-state index contributed by atoms with van der Waals surface area (Å²) in [5, 5.41) is 14.1. The van der Waals surface area contributed by atoms with Gasteiger partial charge in [-0.1, -0.05) is 46.9 Å². The molecule has 2 aromatic rings. The Labute approximate surface area is 160 Å². The van der Waals surface area contributed by atoms with Crippen molar-refractivity contribution in [3.8, 4) is 6.07 Å². The Morgan fingerprint density at radius 2 is 1.84 bits per heavy atom. The third-order valence-electron chi connectivity index (χ3n) is 3.45. The van der Waals surface area contributed by atoms with Crippen molar-refractivity contribution in [3.05, 3.63) is 81.3 Å². The number of allylic oxidation sites excluding steroid dienone is 2. The van der Waals surface area contributed by atoms with Crippen molar-refractivity contribution >= 4 is 46.2 Å². The lowest BCUT2D eigenvalue weighted by molar-refractivity contribution is 0.257. The average molecular weight is 393 g/mol. The summed E-state index contributed by atoms with van der Waals surface area (Å²) in [4.78, 5) is 1.72. The molecule has 0 fully saturated rings. The lowest BCUT2D eigenvalue weighted by Crippen LogP contribution is -2.18. The summed E-state index contributed by atoms with van der Waals surface area (Å²) in [5.74, 6) is 0.447. The largest absolute Gasteiger partial charge is 0.470 e. The highest BCUT2D eigenvalue weighted by molar-refractivity contribution is 6.35. The molecule has 7 heteroatoms. The van der Waals surface area contributed by atoms with Gasteiger partial charge in [-0.05, 0) is 36.4 Å². The highest BCUT2D eigenvalue weighted by Crippen LogP contribution is 2.33. The number of para-hydroxylation sites is 1. The van der Waals surface area contributed by atoms with Crippen molar-refractivity contribution in [3.63, 3.8) is 0 Å². The molecule has 0 aliphatic carbocycles. The number of anilines is 2. The molecule has 4 nitrogen and oxygen atoms in total. The van der Waals surface area contributed by atoms with Crippen LogP contribution in [0.5, 0.6) is 0 Å². The third kappa shape index (κ3) is 4.02. The first-order valence-corrected chi connectivity index (χ1v) is 8.40. The average Bonchev–Trinajstić information content (AvgIpc) is 2.97. The van der Waals surface area contributed by atoms with Crippen LogP contribution in [-0.4, -0.2) is 6.73 Å². The molecule has 0 radical (unpaired) electrons. The summed E-state index contributed by atoms with van der Waals surface area (Å²) in [6, 6.07) is 14.6. The predicted octanol–water partition coefficient (Wildman–Crippen LogP) is 5.80. The maximum absolute atomic E-state index is 9.49. The SMILES string of the molecule is N#CC1=C(/C=C/Nc2cc(Cl)cc(Cl)c2)OCN1c1ccccc1Cl. The molecule has 0 saturated carbocycles. The highest BCUT2D eigenvalue weighted by atomic mass is 35.5. The summed E-state index contributed by atoms with van der Waals surface area (Å²) in [6.45, 7) is 0.218. The standard InChI is InChI=1S/C18H12Cl3N3O/c19-12-7-13(20)9-14(8-12)23-6-5-18-17(10-22)24(11-25-18)16-4-2-1-3-15(16)21/h1-9,23H,11H2/b6-5+. The number of hydrogen-bond acceptors (Lipinski definition) is 4. The fourth-order valence-electron chi connectivity index (χ4n) is 2.35. The number of halogens is 3. The van der Waals surface area contributed by atoms with Crippen LogP contribution in [0.2, 0.25) is 15.1 Å². The van der Waals surface area contributed by atoms with Gasteiger partial charge in [0.15, 0.2) is 18.2 Å². The molecule has 2 aromatic carbocycles. The monoisotopic (exact) mass is 391 g/mol. The Hall–Kier alpha value is -2.32. The molecule has 1 aliphatic heterocycles. The van der Waals surface area contributed by atoms with Crippen LogP contribution in [0.3, 0.4) is 0 Å². The smallest absolute Gasteiger partial charge is 0.166 e. The normalized spacial score (nSPS) is 13.9. The molecule has 1 N–H and O–H groups in total. The minimum atomic E-state index is 0.218. The minimum absolute atomic E-state index is 0.218. The second-order valence-corrected chi connectivity index (χ2v) is 6.39. The van der Waals surface area contributed by atoms with E-state index < -0.39 is 0 Å². The summed E-state index contributed by atoms with van der Waals surface area (Å²) in [6.07, 6.45) is 3.33. The van der Waals surface area contributed by atoms with Crippen LogP contribution >= 0.6 is 34.8 Å². The van der Waals surface area contributed by atoms with Crippen molar-refractivity contribution in [2.75, 3.05) is 16.9 Å². The van der Waals surface area contributed by atoms with Crippen LogP contribution < -0.4 is 10.2 Å². The fraction of sp³-hybridized carbons (Fsp3) is 0.0556. The van der Waals surface area contributed by atoms with Gasteiger partial charge in [-0.3, -0.25) is 4.90 Å². The van der Waals surface area contributed by atoms with Gasteiger partial charge in [0.05, 0.1) is 10.7 Å². The maximum Gasteiger partial charge on any atom is 0.166 e. The first-order chi connectivity index (χ1) is 12.1. The van der Waals surface area contributed by atoms with Gasteiger partial charge in [-0.2, -0.15) is 5.26 Å². The Morgan fingerprint density at radius 3 is 2.52 bits per heavy atom. The summed E-state index contributed by atoms with van der Waals surface area (Å²) >= 11 is 18.1. The maximum atomic E-state index is 9.49. The molecule has 0 amide bonds. The van der Waals surface area contributed by atoms with E-state index in [4.69, 9.17) is 39.5 Å². The zero-order valence-corrected chi connectivity index (χ0v) is 15.1. The minimum Gasteiger partial charge on any atom is -0.470 e. The van der Waals surface area contributed by atoms with Gasteiger partial charge in [0, 0.05) is 21.9 Å². The van der Waals surface area contributed by atoms with Gasteiger partial charge in [0.25, 0.3) is 0 Å². The number of nitrogens with zero attached hydrogens (tertiary/aromatic N) is 2. The lowest BCUT2D eigenvalue weighted by Gasteiger charge is -2.16. The number of rotatable bonds is 4. The van der Waals surface area contributed by atoms with E-state index in [9.17, 15) is 5.26 Å². The van der Waals surface area contributed by atoms with Gasteiger partial charge >= 0.3 is 0 Å². The second kappa shape index (κ2) is 7.71. The molecule has 1 heterocycles. The number of nitrogens with one attached hydrogen (secondary N) is 1. The lowest BCUT2D eigenvalue weighted by atomic mass is 10.2. The first-order valence-electron chi connectivity index (χ1n) is 7.27. The number of benzene rings is 2. The van der Waals surface area contributed by atoms with Crippen LogP contribution in [0.4, 0.5) is 11.4 Å². The van der Waals surface area contributed by atoms with E-state index in [1.54, 1.807) is 41.4 Å². The van der Waals surface area contributed by atoms with E-state index in [0.717, 1.165) is 11.4 Å². The topological polar surface area (TPSA) is 48.3 Å². The Balaban J connectivity index is 1.80. The molecular weight excluding hydrogens is 381 g/mol. The van der Waals surface area contributed by atoms with E-state index in [0.29, 0.717) is 26.5 Å². The molecular formula is C18H12Cl3N3O. The molecule has 0 spiro atoms. The molecule has 1 aliphatic rings. The summed E-state index contributed by atoms with van der Waals surface area (Å²) < 4.78 is 5.61. The van der Waals surface area contributed by atoms with Crippen LogP contribution in [0.25, 0.3) is 0 Å². The molecule has 25 heavy (non-hydrogen) atoms. The quantitative estimate of drug-likeness (QED) is 0.714. The van der Waals surface area contributed by atoms with Crippen LogP contribution in [0.1, 0.15) is 0 Å². The molecule has 0 saturated heterocycles. The van der Waals surface area contributed by atoms with Crippen molar-refractivity contribution in [1.29, 1.82) is 5.26 Å². The van der Waals surface area contributed by atoms with Crippen molar-refractivity contribution < 1.29 is 4.74 Å². The second-order valence-electron chi connectivity index (χ2n) is 5.11. The molecule has 126 valence electrons. The van der Waals surface area contributed by atoms with Crippen LogP contribution in [-0.2, 0) is 4.74 Å². The number of nitriles is 1. The number of ether oxygens (including phenoxy) is 1. The van der Waals surface area contributed by atoms with Gasteiger partial charge in [0.2, 0.25) is 0 Å². The molecule has 3 rings (SSSR count). The zero-order chi connectivity index (χ0) is 17.8. The Bertz CT molecular complexity index is 882. The zero-order valence-electron chi connectivity index (χ0n) is 12.8. The van der Waals surface area contributed by atoms with Gasteiger partial charge in [-0.25, -0.2) is 0 Å². The predicted molar refractivity (Wildman–Crippen MR) is 102 cm³/mol. The van der Waals surface area contributed by atoms with E-state index in [1.807, 2.05) is 18.2 Å². The van der Waals surface area contributed by atoms with Gasteiger partial charge < -0.3 is 10.1 Å². The van der Waals surface area contributed by atoms with Crippen molar-refractivity contribution in [2.24, 2.45) is 0 Å². The van der Waals surface area contributed by atoms with E-state index >= 15 is 0 Å². The van der Waals surface area contributed by atoms with E-state index in [-0.39, 0.29) is 6.73 Å². The van der Waals surface area contributed by atoms with Gasteiger partial charge in [0.1, 0.15) is 6.07 Å². The van der Waals surface area contributed by atoms with Crippen LogP contribution in [0, 0.1) is 11.3 Å². The molecule has 0 bridgehead atoms. The van der Waals surface area contributed by atoms with Gasteiger partial charge in [-0.15, -0.1) is 0 Å². The Kier molecular flexibility index (Phi) is 5.40. The fourth-order valence-corrected chi connectivity index (χ4v) is 3.12. The first kappa shape index (κ1) is 17.5. The molecule has 0 unspecified atom stereocenters. The van der Waals surface area contributed by atoms with E-state index in [1.165, 1.54) is 0 Å². The molecule has 0 atom stereocenters. The summed E-state index contributed by atoms with van der Waals surface area (Å²) in [5.41, 5.74) is 1.84. The van der Waals surface area contributed by atoms with Crippen molar-refractivity contribution in [1.82, 2.24) is 0 Å². The van der Waals surface area contributed by atoms with Crippen LogP contribution in [0.15, 0.2) is 66.2 Å². The number of hydrogen-bond donors (Lipinski definition) is 1. The highest BCUT2D eigenvalue weighted by Gasteiger charge is 2.25. The third-order valence-corrected chi connectivity index (χ3v) is 4.20. The van der Waals surface area contributed by atoms with Crippen molar-refractivity contribution in [2.45, 2.75) is 0 Å². The summed E-state index contributed by atoms with van der Waals surface area (Å²) in [7, 11) is 0. The molecule has 0 aromatic heterocycles. The van der Waals surface area contributed by atoms with E-state index in [2.05, 4.69) is 11.4 Å².